The maximum absolute atomic E-state index is 12.8. The second kappa shape index (κ2) is 5.18. The van der Waals surface area contributed by atoms with Crippen molar-refractivity contribution in [1.29, 1.82) is 0 Å². The van der Waals surface area contributed by atoms with Crippen molar-refractivity contribution in [2.45, 2.75) is 38.0 Å². The van der Waals surface area contributed by atoms with Gasteiger partial charge in [-0.2, -0.15) is 0 Å². The highest BCUT2D eigenvalue weighted by Crippen LogP contribution is 2.40. The van der Waals surface area contributed by atoms with Crippen LogP contribution in [0.4, 0.5) is 4.39 Å². The first-order chi connectivity index (χ1) is 7.66. The van der Waals surface area contributed by atoms with Gasteiger partial charge in [-0.1, -0.05) is 31.9 Å². The van der Waals surface area contributed by atoms with Crippen LogP contribution in [0.3, 0.4) is 0 Å². The number of alkyl halides is 1. The van der Waals surface area contributed by atoms with Crippen LogP contribution in [0.15, 0.2) is 24.3 Å². The van der Waals surface area contributed by atoms with E-state index in [1.165, 1.54) is 37.8 Å². The molecule has 1 atom stereocenters. The molecule has 88 valence electrons. The molecule has 0 heterocycles. The van der Waals surface area contributed by atoms with Crippen molar-refractivity contribution in [3.8, 4) is 0 Å². The van der Waals surface area contributed by atoms with Gasteiger partial charge in [-0.25, -0.2) is 4.39 Å². The van der Waals surface area contributed by atoms with Gasteiger partial charge in [0.1, 0.15) is 5.82 Å². The van der Waals surface area contributed by atoms with Gasteiger partial charge >= 0.3 is 0 Å². The molecule has 1 aromatic carbocycles. The monoisotopic (exact) mass is 240 g/mol. The average Bonchev–Trinajstić information content (AvgIpc) is 2.30. The van der Waals surface area contributed by atoms with Crippen molar-refractivity contribution in [1.82, 2.24) is 0 Å². The summed E-state index contributed by atoms with van der Waals surface area (Å²) in [5.41, 5.74) is 1.06. The summed E-state index contributed by atoms with van der Waals surface area (Å²) in [7, 11) is 0. The second-order valence-electron chi connectivity index (χ2n) is 4.97. The van der Waals surface area contributed by atoms with Gasteiger partial charge in [0.05, 0.1) is 5.38 Å². The van der Waals surface area contributed by atoms with E-state index in [1.807, 2.05) is 12.1 Å². The highest BCUT2D eigenvalue weighted by molar-refractivity contribution is 6.21. The zero-order valence-electron chi connectivity index (χ0n) is 9.63. The summed E-state index contributed by atoms with van der Waals surface area (Å²) in [6.07, 6.45) is 4.95. The van der Waals surface area contributed by atoms with Crippen LogP contribution in [0.5, 0.6) is 0 Å². The van der Waals surface area contributed by atoms with Crippen LogP contribution in [0.1, 0.15) is 43.5 Å². The molecule has 2 rings (SSSR count). The Balaban J connectivity index is 2.01. The zero-order valence-corrected chi connectivity index (χ0v) is 10.4. The van der Waals surface area contributed by atoms with E-state index in [2.05, 4.69) is 6.92 Å². The van der Waals surface area contributed by atoms with Gasteiger partial charge in [-0.15, -0.1) is 11.6 Å². The van der Waals surface area contributed by atoms with Crippen LogP contribution in [0.25, 0.3) is 0 Å². The maximum atomic E-state index is 12.8. The van der Waals surface area contributed by atoms with E-state index in [0.717, 1.165) is 11.5 Å². The lowest BCUT2D eigenvalue weighted by Crippen LogP contribution is -2.16. The Bertz CT molecular complexity index is 325. The van der Waals surface area contributed by atoms with Crippen molar-refractivity contribution >= 4 is 11.6 Å². The molecular formula is C14H18ClF. The Morgan fingerprint density at radius 1 is 1.12 bits per heavy atom. The molecule has 0 aliphatic heterocycles. The van der Waals surface area contributed by atoms with E-state index in [-0.39, 0.29) is 11.2 Å². The fourth-order valence-corrected chi connectivity index (χ4v) is 2.89. The Morgan fingerprint density at radius 3 is 2.25 bits per heavy atom. The minimum absolute atomic E-state index is 0.0492. The molecule has 2 heteroatoms. The van der Waals surface area contributed by atoms with E-state index in [0.29, 0.717) is 5.92 Å². The Morgan fingerprint density at radius 2 is 1.69 bits per heavy atom. The standard InChI is InChI=1S/C14H18ClF/c1-10-2-4-11(5-3-10)14(15)12-6-8-13(16)9-7-12/h6-11,14H,2-5H2,1H3. The number of halogens is 2. The zero-order chi connectivity index (χ0) is 11.5. The normalized spacial score (nSPS) is 27.7. The molecule has 16 heavy (non-hydrogen) atoms. The third kappa shape index (κ3) is 2.76. The Kier molecular flexibility index (Phi) is 3.86. The first-order valence-electron chi connectivity index (χ1n) is 6.06. The van der Waals surface area contributed by atoms with Gasteiger partial charge in [0.2, 0.25) is 0 Å². The largest absolute Gasteiger partial charge is 0.207 e. The Labute approximate surface area is 102 Å². The SMILES string of the molecule is CC1CCC(C(Cl)c2ccc(F)cc2)CC1. The van der Waals surface area contributed by atoms with Crippen LogP contribution in [0, 0.1) is 17.7 Å². The lowest BCUT2D eigenvalue weighted by molar-refractivity contribution is 0.283. The summed E-state index contributed by atoms with van der Waals surface area (Å²) in [4.78, 5) is 0. The number of rotatable bonds is 2. The highest BCUT2D eigenvalue weighted by atomic mass is 35.5. The topological polar surface area (TPSA) is 0 Å². The molecule has 1 aliphatic rings. The average molecular weight is 241 g/mol. The molecule has 1 fully saturated rings. The predicted molar refractivity (Wildman–Crippen MR) is 66.1 cm³/mol. The molecule has 1 unspecified atom stereocenters. The molecule has 0 radical (unpaired) electrons. The smallest absolute Gasteiger partial charge is 0.123 e. The van der Waals surface area contributed by atoms with E-state index >= 15 is 0 Å². The van der Waals surface area contributed by atoms with Gasteiger partial charge in [0.15, 0.2) is 0 Å². The number of hydrogen-bond acceptors (Lipinski definition) is 0. The van der Waals surface area contributed by atoms with Crippen LogP contribution in [-0.4, -0.2) is 0 Å². The maximum Gasteiger partial charge on any atom is 0.123 e. The van der Waals surface area contributed by atoms with Crippen molar-refractivity contribution in [2.24, 2.45) is 11.8 Å². The summed E-state index contributed by atoms with van der Waals surface area (Å²) in [5, 5.41) is 0.0492. The van der Waals surface area contributed by atoms with E-state index < -0.39 is 0 Å². The fraction of sp³-hybridized carbons (Fsp3) is 0.571. The predicted octanol–water partition coefficient (Wildman–Crippen LogP) is 4.93. The van der Waals surface area contributed by atoms with Crippen LogP contribution < -0.4 is 0 Å². The summed E-state index contributed by atoms with van der Waals surface area (Å²) in [5.74, 6) is 1.21. The molecule has 1 aliphatic carbocycles. The molecular weight excluding hydrogens is 223 g/mol. The molecule has 0 N–H and O–H groups in total. The molecule has 0 bridgehead atoms. The summed E-state index contributed by atoms with van der Waals surface area (Å²) in [6.45, 7) is 2.30. The second-order valence-corrected chi connectivity index (χ2v) is 5.44. The van der Waals surface area contributed by atoms with Crippen LogP contribution >= 0.6 is 11.6 Å². The fourth-order valence-electron chi connectivity index (χ4n) is 2.50. The van der Waals surface area contributed by atoms with Crippen LogP contribution in [-0.2, 0) is 0 Å². The van der Waals surface area contributed by atoms with E-state index in [1.54, 1.807) is 0 Å². The Hall–Kier alpha value is -0.560. The minimum Gasteiger partial charge on any atom is -0.207 e. The molecule has 1 saturated carbocycles. The molecule has 1 aromatic rings. The van der Waals surface area contributed by atoms with Gasteiger partial charge in [0, 0.05) is 0 Å². The van der Waals surface area contributed by atoms with Crippen molar-refractivity contribution in [2.75, 3.05) is 0 Å². The summed E-state index contributed by atoms with van der Waals surface area (Å²) >= 11 is 6.46. The van der Waals surface area contributed by atoms with Crippen LogP contribution in [0.2, 0.25) is 0 Å². The number of hydrogen-bond donors (Lipinski definition) is 0. The highest BCUT2D eigenvalue weighted by Gasteiger charge is 2.25. The van der Waals surface area contributed by atoms with Gasteiger partial charge in [0.25, 0.3) is 0 Å². The first kappa shape index (κ1) is 11.9. The molecule has 0 spiro atoms. The first-order valence-corrected chi connectivity index (χ1v) is 6.50. The van der Waals surface area contributed by atoms with E-state index in [9.17, 15) is 4.39 Å². The molecule has 0 nitrogen and oxygen atoms in total. The molecule has 0 aromatic heterocycles. The third-order valence-electron chi connectivity index (χ3n) is 3.66. The summed E-state index contributed by atoms with van der Waals surface area (Å²) < 4.78 is 12.8. The van der Waals surface area contributed by atoms with Crippen molar-refractivity contribution in [3.63, 3.8) is 0 Å². The molecule has 0 amide bonds. The van der Waals surface area contributed by atoms with Gasteiger partial charge in [-0.3, -0.25) is 0 Å². The molecule has 0 saturated heterocycles. The number of benzene rings is 1. The lowest BCUT2D eigenvalue weighted by atomic mass is 9.80. The summed E-state index contributed by atoms with van der Waals surface area (Å²) in [6, 6.07) is 6.61. The van der Waals surface area contributed by atoms with Gasteiger partial charge in [-0.05, 0) is 42.4 Å². The quantitative estimate of drug-likeness (QED) is 0.643. The van der Waals surface area contributed by atoms with E-state index in [4.69, 9.17) is 11.6 Å². The third-order valence-corrected chi connectivity index (χ3v) is 4.27. The lowest BCUT2D eigenvalue weighted by Gasteiger charge is -2.29. The minimum atomic E-state index is -0.190. The van der Waals surface area contributed by atoms with Crippen molar-refractivity contribution in [3.05, 3.63) is 35.6 Å². The van der Waals surface area contributed by atoms with Gasteiger partial charge < -0.3 is 0 Å². The van der Waals surface area contributed by atoms with Crippen molar-refractivity contribution < 1.29 is 4.39 Å².